The van der Waals surface area contributed by atoms with E-state index in [0.29, 0.717) is 49.3 Å². The number of fused-ring (bicyclic) bond motifs is 2. The summed E-state index contributed by atoms with van der Waals surface area (Å²) in [6.45, 7) is 2.15. The molecule has 2 aromatic heterocycles. The Morgan fingerprint density at radius 3 is 2.59 bits per heavy atom. The van der Waals surface area contributed by atoms with Crippen molar-refractivity contribution >= 4 is 11.2 Å². The minimum absolute atomic E-state index is 0.204. The predicted molar refractivity (Wildman–Crippen MR) is 105 cm³/mol. The zero-order chi connectivity index (χ0) is 20.9. The van der Waals surface area contributed by atoms with Gasteiger partial charge in [0.05, 0.1) is 12.4 Å². The lowest BCUT2D eigenvalue weighted by Crippen LogP contribution is -2.37. The lowest BCUT2D eigenvalue weighted by atomic mass is 9.96. The lowest BCUT2D eigenvalue weighted by molar-refractivity contribution is 0.0905. The first-order chi connectivity index (χ1) is 13.8. The normalized spacial score (nSPS) is 17.0. The summed E-state index contributed by atoms with van der Waals surface area (Å²) in [5, 5.41) is 29.7. The summed E-state index contributed by atoms with van der Waals surface area (Å²) in [4.78, 5) is 30.8. The van der Waals surface area contributed by atoms with Crippen LogP contribution in [0.4, 0.5) is 0 Å². The van der Waals surface area contributed by atoms with Gasteiger partial charge in [0, 0.05) is 40.3 Å². The smallest absolute Gasteiger partial charge is 0.332 e. The van der Waals surface area contributed by atoms with Gasteiger partial charge in [-0.2, -0.15) is 0 Å². The van der Waals surface area contributed by atoms with Crippen molar-refractivity contribution in [3.05, 3.63) is 50.4 Å². The molecule has 10 nitrogen and oxygen atoms in total. The molecule has 29 heavy (non-hydrogen) atoms. The molecule has 0 saturated carbocycles. The van der Waals surface area contributed by atoms with Crippen LogP contribution < -0.4 is 11.2 Å². The van der Waals surface area contributed by atoms with E-state index in [1.54, 1.807) is 17.9 Å². The van der Waals surface area contributed by atoms with Crippen LogP contribution in [0, 0.1) is 0 Å². The average Bonchev–Trinajstić information content (AvgIpc) is 3.10. The second kappa shape index (κ2) is 7.05. The molecule has 1 aromatic carbocycles. The van der Waals surface area contributed by atoms with E-state index in [0.717, 1.165) is 10.1 Å². The molecule has 0 aliphatic carbocycles. The number of aliphatic hydroxyl groups excluding tert-OH is 1. The molecule has 3 aromatic rings. The number of nitrogens with zero attached hydrogens (tertiary/aromatic N) is 5. The zero-order valence-corrected chi connectivity index (χ0v) is 16.2. The summed E-state index contributed by atoms with van der Waals surface area (Å²) in [6.07, 6.45) is 1.51. The standard InChI is InChI=1S/C19H23N5O5/c1-21-17-16(18(28)22(2)19(21)29)24(10-20-17)5-3-4-23-8-11-6-13(25)14(26)7-12(11)15(27)9-23/h6-7,10,15,25-27H,3-5,8-9H2,1-2H3. The average molecular weight is 401 g/mol. The number of aliphatic hydroxyl groups is 1. The maximum atomic E-state index is 12.5. The third-order valence-electron chi connectivity index (χ3n) is 5.51. The lowest BCUT2D eigenvalue weighted by Gasteiger charge is -2.32. The van der Waals surface area contributed by atoms with E-state index in [9.17, 15) is 24.9 Å². The van der Waals surface area contributed by atoms with Crippen molar-refractivity contribution in [1.29, 1.82) is 0 Å². The van der Waals surface area contributed by atoms with Gasteiger partial charge in [-0.3, -0.25) is 18.8 Å². The number of phenols is 2. The highest BCUT2D eigenvalue weighted by Gasteiger charge is 2.25. The number of phenolic OH excluding ortho intramolecular Hbond substituents is 2. The predicted octanol–water partition coefficient (Wildman–Crippen LogP) is -0.216. The van der Waals surface area contributed by atoms with Gasteiger partial charge in [-0.05, 0) is 29.7 Å². The number of aromatic hydroxyl groups is 2. The largest absolute Gasteiger partial charge is 0.504 e. The molecule has 1 atom stereocenters. The van der Waals surface area contributed by atoms with E-state index >= 15 is 0 Å². The third kappa shape index (κ3) is 3.19. The molecule has 0 fully saturated rings. The van der Waals surface area contributed by atoms with Gasteiger partial charge in [-0.1, -0.05) is 0 Å². The Hall–Kier alpha value is -3.11. The van der Waals surface area contributed by atoms with Gasteiger partial charge in [-0.15, -0.1) is 0 Å². The molecule has 10 heteroatoms. The van der Waals surface area contributed by atoms with E-state index in [1.165, 1.54) is 23.7 Å². The Labute approximate surface area is 165 Å². The molecule has 1 aliphatic rings. The van der Waals surface area contributed by atoms with E-state index < -0.39 is 11.8 Å². The first-order valence-corrected chi connectivity index (χ1v) is 9.34. The highest BCUT2D eigenvalue weighted by molar-refractivity contribution is 5.69. The summed E-state index contributed by atoms with van der Waals surface area (Å²) in [5.41, 5.74) is 1.36. The molecule has 0 spiro atoms. The van der Waals surface area contributed by atoms with Crippen molar-refractivity contribution in [2.45, 2.75) is 25.6 Å². The minimum Gasteiger partial charge on any atom is -0.504 e. The quantitative estimate of drug-likeness (QED) is 0.516. The number of aryl methyl sites for hydroxylation is 2. The van der Waals surface area contributed by atoms with Gasteiger partial charge >= 0.3 is 5.69 Å². The third-order valence-corrected chi connectivity index (χ3v) is 5.51. The summed E-state index contributed by atoms with van der Waals surface area (Å²) >= 11 is 0. The number of hydrogen-bond donors (Lipinski definition) is 3. The maximum absolute atomic E-state index is 12.5. The molecule has 1 unspecified atom stereocenters. The van der Waals surface area contributed by atoms with Crippen LogP contribution in [0.1, 0.15) is 23.7 Å². The molecule has 0 amide bonds. The second-order valence-electron chi connectivity index (χ2n) is 7.46. The number of rotatable bonds is 4. The fraction of sp³-hybridized carbons (Fsp3) is 0.421. The van der Waals surface area contributed by atoms with Crippen LogP contribution >= 0.6 is 0 Å². The van der Waals surface area contributed by atoms with Crippen LogP contribution in [0.15, 0.2) is 28.0 Å². The first kappa shape index (κ1) is 19.2. The number of β-amino-alcohol motifs (C(OH)–C–C–N with tert-alkyl or cyclic N) is 1. The first-order valence-electron chi connectivity index (χ1n) is 9.34. The summed E-state index contributed by atoms with van der Waals surface area (Å²) in [5.74, 6) is -0.441. The van der Waals surface area contributed by atoms with Gasteiger partial charge < -0.3 is 19.9 Å². The SMILES string of the molecule is Cn1c(=O)c2c(ncn2CCCN2Cc3cc(O)c(O)cc3C(O)C2)n(C)c1=O. The zero-order valence-electron chi connectivity index (χ0n) is 16.2. The molecular formula is C19H23N5O5. The molecule has 4 rings (SSSR count). The van der Waals surface area contributed by atoms with Crippen LogP contribution in [0.2, 0.25) is 0 Å². The molecule has 0 bridgehead atoms. The van der Waals surface area contributed by atoms with Crippen molar-refractivity contribution in [3.8, 4) is 11.5 Å². The fourth-order valence-electron chi connectivity index (χ4n) is 3.93. The Bertz CT molecular complexity index is 1210. The van der Waals surface area contributed by atoms with Crippen molar-refractivity contribution in [3.63, 3.8) is 0 Å². The van der Waals surface area contributed by atoms with Crippen LogP contribution in [-0.4, -0.2) is 52.0 Å². The van der Waals surface area contributed by atoms with Gasteiger partial charge in [0.15, 0.2) is 22.7 Å². The highest BCUT2D eigenvalue weighted by atomic mass is 16.3. The molecule has 154 valence electrons. The molecule has 1 aliphatic heterocycles. The summed E-state index contributed by atoms with van der Waals surface area (Å²) < 4.78 is 4.17. The minimum atomic E-state index is -0.749. The number of imidazole rings is 1. The van der Waals surface area contributed by atoms with E-state index in [4.69, 9.17) is 0 Å². The van der Waals surface area contributed by atoms with Gasteiger partial charge in [0.25, 0.3) is 5.56 Å². The summed E-state index contributed by atoms with van der Waals surface area (Å²) in [6, 6.07) is 2.89. The fourth-order valence-corrected chi connectivity index (χ4v) is 3.93. The van der Waals surface area contributed by atoms with Crippen LogP contribution in [0.5, 0.6) is 11.5 Å². The Morgan fingerprint density at radius 2 is 1.83 bits per heavy atom. The van der Waals surface area contributed by atoms with Gasteiger partial charge in [0.1, 0.15) is 0 Å². The Morgan fingerprint density at radius 1 is 1.10 bits per heavy atom. The van der Waals surface area contributed by atoms with Crippen LogP contribution in [0.3, 0.4) is 0 Å². The maximum Gasteiger partial charge on any atom is 0.332 e. The monoisotopic (exact) mass is 401 g/mol. The van der Waals surface area contributed by atoms with Crippen molar-refractivity contribution in [1.82, 2.24) is 23.6 Å². The molecule has 0 radical (unpaired) electrons. The van der Waals surface area contributed by atoms with E-state index in [1.807, 2.05) is 0 Å². The van der Waals surface area contributed by atoms with Crippen molar-refractivity contribution in [2.75, 3.05) is 13.1 Å². The molecular weight excluding hydrogens is 378 g/mol. The molecule has 3 heterocycles. The van der Waals surface area contributed by atoms with Crippen molar-refractivity contribution in [2.24, 2.45) is 14.1 Å². The molecule has 0 saturated heterocycles. The van der Waals surface area contributed by atoms with Crippen LogP contribution in [-0.2, 0) is 27.2 Å². The number of aromatic nitrogens is 4. The second-order valence-corrected chi connectivity index (χ2v) is 7.46. The topological polar surface area (TPSA) is 126 Å². The van der Waals surface area contributed by atoms with E-state index in [-0.39, 0.29) is 17.1 Å². The molecule has 3 N–H and O–H groups in total. The van der Waals surface area contributed by atoms with E-state index in [2.05, 4.69) is 9.88 Å². The summed E-state index contributed by atoms with van der Waals surface area (Å²) in [7, 11) is 3.03. The van der Waals surface area contributed by atoms with Crippen LogP contribution in [0.25, 0.3) is 11.2 Å². The van der Waals surface area contributed by atoms with Gasteiger partial charge in [0.2, 0.25) is 0 Å². The Balaban J connectivity index is 1.49. The number of benzene rings is 1. The van der Waals surface area contributed by atoms with Crippen molar-refractivity contribution < 1.29 is 15.3 Å². The Kier molecular flexibility index (Phi) is 4.67. The van der Waals surface area contributed by atoms with Gasteiger partial charge in [-0.25, -0.2) is 9.78 Å². The number of hydrogen-bond acceptors (Lipinski definition) is 7. The highest BCUT2D eigenvalue weighted by Crippen LogP contribution is 2.35.